The number of nitrogens with one attached hydrogen (secondary N) is 1. The lowest BCUT2D eigenvalue weighted by Gasteiger charge is -2.04. The second kappa shape index (κ2) is 6.73. The largest absolute Gasteiger partial charge is 0.319 e. The minimum absolute atomic E-state index is 0.593. The molecule has 0 unspecified atom stereocenters. The molecule has 0 bridgehead atoms. The summed E-state index contributed by atoms with van der Waals surface area (Å²) in [6, 6.07) is 18.7. The first-order valence-electron chi connectivity index (χ1n) is 5.76. The highest BCUT2D eigenvalue weighted by atomic mass is 32.2. The predicted octanol–water partition coefficient (Wildman–Crippen LogP) is 3.55. The Bertz CT molecular complexity index is 532. The van der Waals surface area contributed by atoms with Crippen molar-refractivity contribution >= 4 is 11.8 Å². The van der Waals surface area contributed by atoms with Crippen LogP contribution in [0.15, 0.2) is 59.5 Å². The molecule has 0 heterocycles. The number of hydrogen-bond acceptors (Lipinski definition) is 3. The maximum Gasteiger partial charge on any atom is 0.176 e. The van der Waals surface area contributed by atoms with E-state index in [1.807, 2.05) is 36.2 Å². The van der Waals surface area contributed by atoms with E-state index in [0.29, 0.717) is 6.54 Å². The van der Waals surface area contributed by atoms with Gasteiger partial charge >= 0.3 is 0 Å². The monoisotopic (exact) mass is 254 g/mol. The smallest absolute Gasteiger partial charge is 0.176 e. The van der Waals surface area contributed by atoms with E-state index in [1.54, 1.807) is 0 Å². The molecule has 0 aliphatic carbocycles. The third-order valence-corrected chi connectivity index (χ3v) is 3.58. The lowest BCUT2D eigenvalue weighted by molar-refractivity contribution is 0.881. The lowest BCUT2D eigenvalue weighted by Crippen LogP contribution is -2.04. The molecular weight excluding hydrogens is 240 g/mol. The van der Waals surface area contributed by atoms with Crippen LogP contribution in [0.3, 0.4) is 0 Å². The van der Waals surface area contributed by atoms with E-state index in [0.717, 1.165) is 11.3 Å². The molecule has 0 radical (unpaired) electrons. The van der Waals surface area contributed by atoms with Gasteiger partial charge in [-0.05, 0) is 23.3 Å². The summed E-state index contributed by atoms with van der Waals surface area (Å²) in [5.74, 6) is 0.968. The first kappa shape index (κ1) is 12.5. The molecule has 0 aliphatic rings. The molecule has 0 aliphatic heterocycles. The molecule has 18 heavy (non-hydrogen) atoms. The van der Waals surface area contributed by atoms with Crippen LogP contribution in [0.1, 0.15) is 11.1 Å². The molecule has 0 saturated carbocycles. The first-order valence-corrected chi connectivity index (χ1v) is 6.74. The zero-order valence-corrected chi connectivity index (χ0v) is 10.8. The summed E-state index contributed by atoms with van der Waals surface area (Å²) in [4.78, 5) is 1.23. The van der Waals surface area contributed by atoms with Crippen molar-refractivity contribution in [3.8, 4) is 6.19 Å². The topological polar surface area (TPSA) is 35.8 Å². The molecule has 90 valence electrons. The summed E-state index contributed by atoms with van der Waals surface area (Å²) in [5.41, 5.74) is 2.46. The highest BCUT2D eigenvalue weighted by Crippen LogP contribution is 2.23. The van der Waals surface area contributed by atoms with E-state index in [9.17, 15) is 0 Å². The van der Waals surface area contributed by atoms with Gasteiger partial charge in [-0.1, -0.05) is 42.5 Å². The number of nitriles is 1. The molecule has 1 N–H and O–H groups in total. The maximum absolute atomic E-state index is 8.48. The Hall–Kier alpha value is -1.92. The van der Waals surface area contributed by atoms with Gasteiger partial charge in [0.25, 0.3) is 0 Å². The normalized spacial score (nSPS) is 9.72. The Balaban J connectivity index is 1.95. The fourth-order valence-corrected chi connectivity index (χ4v) is 2.56. The summed E-state index contributed by atoms with van der Waals surface area (Å²) in [6.07, 6.45) is 1.94. The number of thioether (sulfide) groups is 1. The zero-order chi connectivity index (χ0) is 12.6. The van der Waals surface area contributed by atoms with Crippen molar-refractivity contribution in [3.63, 3.8) is 0 Å². The highest BCUT2D eigenvalue weighted by molar-refractivity contribution is 7.98. The third kappa shape index (κ3) is 3.83. The van der Waals surface area contributed by atoms with Crippen molar-refractivity contribution in [3.05, 3.63) is 65.7 Å². The minimum Gasteiger partial charge on any atom is -0.319 e. The lowest BCUT2D eigenvalue weighted by atomic mass is 10.2. The van der Waals surface area contributed by atoms with Gasteiger partial charge < -0.3 is 5.32 Å². The van der Waals surface area contributed by atoms with Crippen molar-refractivity contribution < 1.29 is 0 Å². The molecule has 2 aromatic rings. The van der Waals surface area contributed by atoms with Crippen LogP contribution in [0.4, 0.5) is 0 Å². The van der Waals surface area contributed by atoms with Gasteiger partial charge in [0.1, 0.15) is 0 Å². The molecule has 0 fully saturated rings. The first-order chi connectivity index (χ1) is 8.88. The Kier molecular flexibility index (Phi) is 4.68. The van der Waals surface area contributed by atoms with E-state index < -0.39 is 0 Å². The van der Waals surface area contributed by atoms with Gasteiger partial charge in [-0.3, -0.25) is 0 Å². The zero-order valence-electron chi connectivity index (χ0n) is 9.97. The molecule has 0 amide bonds. The number of benzene rings is 2. The van der Waals surface area contributed by atoms with Crippen molar-refractivity contribution in [2.45, 2.75) is 17.2 Å². The Morgan fingerprint density at radius 2 is 1.78 bits per heavy atom. The molecule has 2 nitrogen and oxygen atoms in total. The summed E-state index contributed by atoms with van der Waals surface area (Å²) in [5, 5.41) is 11.1. The second-order valence-electron chi connectivity index (χ2n) is 3.89. The summed E-state index contributed by atoms with van der Waals surface area (Å²) in [7, 11) is 0. The maximum atomic E-state index is 8.48. The molecule has 0 atom stereocenters. The van der Waals surface area contributed by atoms with Crippen LogP contribution in [0, 0.1) is 11.5 Å². The van der Waals surface area contributed by atoms with Gasteiger partial charge in [0, 0.05) is 17.2 Å². The highest BCUT2D eigenvalue weighted by Gasteiger charge is 1.98. The van der Waals surface area contributed by atoms with Crippen LogP contribution in [-0.4, -0.2) is 0 Å². The third-order valence-electron chi connectivity index (χ3n) is 2.52. The van der Waals surface area contributed by atoms with Gasteiger partial charge in [0.15, 0.2) is 6.19 Å². The number of hydrogen-bond donors (Lipinski definition) is 1. The molecule has 0 aromatic heterocycles. The van der Waals surface area contributed by atoms with Crippen LogP contribution >= 0.6 is 11.8 Å². The predicted molar refractivity (Wildman–Crippen MR) is 74.9 cm³/mol. The van der Waals surface area contributed by atoms with E-state index >= 15 is 0 Å². The molecule has 2 aromatic carbocycles. The van der Waals surface area contributed by atoms with Gasteiger partial charge in [-0.2, -0.15) is 5.26 Å². The standard InChI is InChI=1S/C15H14N2S/c16-12-17-10-14-7-4-8-15(9-14)18-11-13-5-2-1-3-6-13/h1-9,17H,10-11H2. The summed E-state index contributed by atoms with van der Waals surface area (Å²) < 4.78 is 0. The van der Waals surface area contributed by atoms with E-state index in [2.05, 4.69) is 41.7 Å². The minimum atomic E-state index is 0.593. The molecular formula is C15H14N2S. The SMILES string of the molecule is N#CNCc1cccc(SCc2ccccc2)c1. The van der Waals surface area contributed by atoms with Gasteiger partial charge in [-0.15, -0.1) is 11.8 Å². The Labute approximate surface area is 112 Å². The summed E-state index contributed by atoms with van der Waals surface area (Å²) >= 11 is 1.81. The van der Waals surface area contributed by atoms with Gasteiger partial charge in [0.2, 0.25) is 0 Å². The quantitative estimate of drug-likeness (QED) is 0.503. The average Bonchev–Trinajstić information content (AvgIpc) is 2.44. The van der Waals surface area contributed by atoms with E-state index in [1.165, 1.54) is 10.5 Å². The summed E-state index contributed by atoms with van der Waals surface area (Å²) in [6.45, 7) is 0.593. The van der Waals surface area contributed by atoms with Crippen LogP contribution in [0.5, 0.6) is 0 Å². The number of nitrogens with zero attached hydrogens (tertiary/aromatic N) is 1. The molecule has 3 heteroatoms. The van der Waals surface area contributed by atoms with Crippen LogP contribution in [0.2, 0.25) is 0 Å². The van der Waals surface area contributed by atoms with Crippen molar-refractivity contribution in [2.24, 2.45) is 0 Å². The van der Waals surface area contributed by atoms with Crippen molar-refractivity contribution in [2.75, 3.05) is 0 Å². The molecule has 0 spiro atoms. The van der Waals surface area contributed by atoms with Gasteiger partial charge in [-0.25, -0.2) is 0 Å². The number of rotatable bonds is 5. The van der Waals surface area contributed by atoms with Crippen molar-refractivity contribution in [1.82, 2.24) is 5.32 Å². The average molecular weight is 254 g/mol. The fourth-order valence-electron chi connectivity index (χ4n) is 1.63. The van der Waals surface area contributed by atoms with Crippen molar-refractivity contribution in [1.29, 1.82) is 5.26 Å². The molecule has 2 rings (SSSR count). The Morgan fingerprint density at radius 3 is 2.56 bits per heavy atom. The van der Waals surface area contributed by atoms with Crippen LogP contribution in [-0.2, 0) is 12.3 Å². The fraction of sp³-hybridized carbons (Fsp3) is 0.133. The van der Waals surface area contributed by atoms with E-state index in [4.69, 9.17) is 5.26 Å². The van der Waals surface area contributed by atoms with E-state index in [-0.39, 0.29) is 0 Å². The van der Waals surface area contributed by atoms with Gasteiger partial charge in [0.05, 0.1) is 0 Å². The Morgan fingerprint density at radius 1 is 1.00 bits per heavy atom. The second-order valence-corrected chi connectivity index (χ2v) is 4.94. The molecule has 0 saturated heterocycles. The van der Waals surface area contributed by atoms with Crippen LogP contribution in [0.25, 0.3) is 0 Å². The van der Waals surface area contributed by atoms with Crippen LogP contribution < -0.4 is 5.32 Å².